The summed E-state index contributed by atoms with van der Waals surface area (Å²) in [5.41, 5.74) is 1.96. The zero-order valence-electron chi connectivity index (χ0n) is 17.7. The van der Waals surface area contributed by atoms with Gasteiger partial charge in [-0.1, -0.05) is 31.5 Å². The number of hydrogen-bond acceptors (Lipinski definition) is 7. The lowest BCUT2D eigenvalue weighted by Gasteiger charge is -2.37. The van der Waals surface area contributed by atoms with Gasteiger partial charge in [-0.25, -0.2) is 9.78 Å². The number of carbonyl (C=O) groups excluding carboxylic acids is 1. The Hall–Kier alpha value is -2.09. The van der Waals surface area contributed by atoms with E-state index in [0.29, 0.717) is 16.3 Å². The van der Waals surface area contributed by atoms with E-state index < -0.39 is 0 Å². The van der Waals surface area contributed by atoms with Crippen molar-refractivity contribution < 1.29 is 9.53 Å². The molecule has 3 heterocycles. The predicted octanol–water partition coefficient (Wildman–Crippen LogP) is 5.45. The van der Waals surface area contributed by atoms with Crippen LogP contribution in [-0.2, 0) is 4.74 Å². The number of benzene rings is 1. The Bertz CT molecular complexity index is 1110. The summed E-state index contributed by atoms with van der Waals surface area (Å²) in [4.78, 5) is 27.3. The Kier molecular flexibility index (Phi) is 6.55. The number of halogens is 2. The zero-order chi connectivity index (χ0) is 22.1. The second-order valence-corrected chi connectivity index (χ2v) is 9.77. The SMILES string of the molecule is Cc1c(C(=O)OCC(C)C)sc2nc(Cl)nc(N3CCN(c4cccc(Cl)c4)CC3)c12. The molecule has 6 nitrogen and oxygen atoms in total. The van der Waals surface area contributed by atoms with E-state index in [0.717, 1.165) is 53.7 Å². The largest absolute Gasteiger partial charge is 0.461 e. The topological polar surface area (TPSA) is 58.6 Å². The summed E-state index contributed by atoms with van der Waals surface area (Å²) in [5, 5.41) is 1.79. The number of fused-ring (bicyclic) bond motifs is 1. The van der Waals surface area contributed by atoms with Crippen molar-refractivity contribution in [3.05, 3.63) is 45.0 Å². The standard InChI is InChI=1S/C22H24Cl2N4O2S/c1-13(2)12-30-21(29)18-14(3)17-19(25-22(24)26-20(17)31-18)28-9-7-27(8-10-28)16-6-4-5-15(23)11-16/h4-6,11,13H,7-10,12H2,1-3H3. The van der Waals surface area contributed by atoms with Gasteiger partial charge in [0.25, 0.3) is 0 Å². The summed E-state index contributed by atoms with van der Waals surface area (Å²) in [6, 6.07) is 7.89. The number of thiophene rings is 1. The quantitative estimate of drug-likeness (QED) is 0.359. The third-order valence-corrected chi connectivity index (χ3v) is 6.80. The van der Waals surface area contributed by atoms with Crippen LogP contribution in [0.2, 0.25) is 10.3 Å². The van der Waals surface area contributed by atoms with Crippen molar-refractivity contribution in [3.8, 4) is 0 Å². The number of esters is 1. The molecule has 3 aromatic rings. The second-order valence-electron chi connectivity index (χ2n) is 8.00. The molecule has 0 amide bonds. The van der Waals surface area contributed by atoms with Gasteiger partial charge in [-0.3, -0.25) is 0 Å². The lowest BCUT2D eigenvalue weighted by Crippen LogP contribution is -2.47. The fourth-order valence-corrected chi connectivity index (χ4v) is 5.14. The van der Waals surface area contributed by atoms with Gasteiger partial charge in [0.05, 0.1) is 12.0 Å². The van der Waals surface area contributed by atoms with Gasteiger partial charge in [0, 0.05) is 36.9 Å². The number of carbonyl (C=O) groups is 1. The number of ether oxygens (including phenoxy) is 1. The van der Waals surface area contributed by atoms with Crippen LogP contribution >= 0.6 is 34.5 Å². The van der Waals surface area contributed by atoms with Crippen LogP contribution < -0.4 is 9.80 Å². The normalized spacial score (nSPS) is 14.5. The number of nitrogens with zero attached hydrogens (tertiary/aromatic N) is 4. The third-order valence-electron chi connectivity index (χ3n) is 5.23. The number of aryl methyl sites for hydroxylation is 1. The first-order chi connectivity index (χ1) is 14.8. The highest BCUT2D eigenvalue weighted by Crippen LogP contribution is 2.37. The molecular formula is C22H24Cl2N4O2S. The van der Waals surface area contributed by atoms with Gasteiger partial charge in [-0.05, 0) is 48.2 Å². The maximum Gasteiger partial charge on any atom is 0.348 e. The monoisotopic (exact) mass is 478 g/mol. The molecule has 0 spiro atoms. The van der Waals surface area contributed by atoms with Crippen molar-refractivity contribution in [1.82, 2.24) is 9.97 Å². The molecule has 1 fully saturated rings. The van der Waals surface area contributed by atoms with Crippen LogP contribution in [0.1, 0.15) is 29.1 Å². The highest BCUT2D eigenvalue weighted by molar-refractivity contribution is 7.20. The fourth-order valence-electron chi connectivity index (χ4n) is 3.67. The molecule has 0 aliphatic carbocycles. The lowest BCUT2D eigenvalue weighted by molar-refractivity contribution is 0.0464. The first kappa shape index (κ1) is 22.1. The molecule has 0 unspecified atom stereocenters. The number of anilines is 2. The number of piperazine rings is 1. The van der Waals surface area contributed by atoms with Gasteiger partial charge in [-0.2, -0.15) is 4.98 Å². The molecular weight excluding hydrogens is 455 g/mol. The number of rotatable bonds is 5. The van der Waals surface area contributed by atoms with E-state index >= 15 is 0 Å². The predicted molar refractivity (Wildman–Crippen MR) is 128 cm³/mol. The van der Waals surface area contributed by atoms with Crippen LogP contribution in [0.15, 0.2) is 24.3 Å². The van der Waals surface area contributed by atoms with Gasteiger partial charge >= 0.3 is 5.97 Å². The maximum atomic E-state index is 12.6. The van der Waals surface area contributed by atoms with Crippen LogP contribution in [0.4, 0.5) is 11.5 Å². The molecule has 0 atom stereocenters. The second kappa shape index (κ2) is 9.18. The lowest BCUT2D eigenvalue weighted by atomic mass is 10.1. The molecule has 0 bridgehead atoms. The summed E-state index contributed by atoms with van der Waals surface area (Å²) in [5.74, 6) is 0.735. The van der Waals surface area contributed by atoms with Gasteiger partial charge in [-0.15, -0.1) is 11.3 Å². The molecule has 1 aliphatic heterocycles. The Balaban J connectivity index is 1.60. The highest BCUT2D eigenvalue weighted by Gasteiger charge is 2.26. The van der Waals surface area contributed by atoms with Crippen molar-refractivity contribution in [1.29, 1.82) is 0 Å². The molecule has 0 N–H and O–H groups in total. The van der Waals surface area contributed by atoms with Crippen molar-refractivity contribution in [2.45, 2.75) is 20.8 Å². The van der Waals surface area contributed by atoms with Crippen LogP contribution in [0.25, 0.3) is 10.2 Å². The van der Waals surface area contributed by atoms with Crippen LogP contribution in [0.3, 0.4) is 0 Å². The fraction of sp³-hybridized carbons (Fsp3) is 0.409. The molecule has 1 aromatic carbocycles. The minimum Gasteiger partial charge on any atom is -0.461 e. The van der Waals surface area contributed by atoms with E-state index in [1.165, 1.54) is 11.3 Å². The molecule has 4 rings (SSSR count). The number of aromatic nitrogens is 2. The van der Waals surface area contributed by atoms with Crippen LogP contribution in [-0.4, -0.2) is 48.7 Å². The average molecular weight is 479 g/mol. The Labute approximate surface area is 195 Å². The van der Waals surface area contributed by atoms with E-state index in [-0.39, 0.29) is 17.2 Å². The molecule has 0 saturated carbocycles. The minimum atomic E-state index is -0.318. The van der Waals surface area contributed by atoms with Crippen molar-refractivity contribution in [3.63, 3.8) is 0 Å². The summed E-state index contributed by atoms with van der Waals surface area (Å²) in [6.07, 6.45) is 0. The van der Waals surface area contributed by atoms with Crippen LogP contribution in [0.5, 0.6) is 0 Å². The minimum absolute atomic E-state index is 0.183. The Morgan fingerprint density at radius 2 is 1.87 bits per heavy atom. The van der Waals surface area contributed by atoms with Gasteiger partial charge in [0.1, 0.15) is 15.5 Å². The van der Waals surface area contributed by atoms with E-state index in [2.05, 4.69) is 25.8 Å². The van der Waals surface area contributed by atoms with Crippen molar-refractivity contribution in [2.75, 3.05) is 42.6 Å². The van der Waals surface area contributed by atoms with Gasteiger partial charge < -0.3 is 14.5 Å². The number of hydrogen-bond donors (Lipinski definition) is 0. The molecule has 9 heteroatoms. The first-order valence-electron chi connectivity index (χ1n) is 10.2. The highest BCUT2D eigenvalue weighted by atomic mass is 35.5. The Morgan fingerprint density at radius 3 is 2.55 bits per heavy atom. The van der Waals surface area contributed by atoms with Crippen LogP contribution in [0, 0.1) is 12.8 Å². The van der Waals surface area contributed by atoms with E-state index in [9.17, 15) is 4.79 Å². The van der Waals surface area contributed by atoms with Crippen molar-refractivity contribution in [2.24, 2.45) is 5.92 Å². The smallest absolute Gasteiger partial charge is 0.348 e. The zero-order valence-corrected chi connectivity index (χ0v) is 20.0. The van der Waals surface area contributed by atoms with Gasteiger partial charge in [0.2, 0.25) is 5.28 Å². The van der Waals surface area contributed by atoms with Gasteiger partial charge in [0.15, 0.2) is 0 Å². The summed E-state index contributed by atoms with van der Waals surface area (Å²) in [7, 11) is 0. The summed E-state index contributed by atoms with van der Waals surface area (Å²) in [6.45, 7) is 9.54. The van der Waals surface area contributed by atoms with E-state index in [1.54, 1.807) is 0 Å². The molecule has 31 heavy (non-hydrogen) atoms. The average Bonchev–Trinajstić information content (AvgIpc) is 3.07. The van der Waals surface area contributed by atoms with Crippen molar-refractivity contribution >= 4 is 62.2 Å². The molecule has 2 aromatic heterocycles. The Morgan fingerprint density at radius 1 is 1.16 bits per heavy atom. The molecule has 164 valence electrons. The molecule has 1 saturated heterocycles. The van der Waals surface area contributed by atoms with E-state index in [4.69, 9.17) is 27.9 Å². The summed E-state index contributed by atoms with van der Waals surface area (Å²) >= 11 is 13.7. The first-order valence-corrected chi connectivity index (χ1v) is 11.8. The van der Waals surface area contributed by atoms with E-state index in [1.807, 2.05) is 39.0 Å². The maximum absolute atomic E-state index is 12.6. The summed E-state index contributed by atoms with van der Waals surface area (Å²) < 4.78 is 5.45. The molecule has 1 aliphatic rings. The molecule has 0 radical (unpaired) electrons. The third kappa shape index (κ3) is 4.73.